The number of aromatic nitrogens is 1. The van der Waals surface area contributed by atoms with Crippen LogP contribution in [-0.4, -0.2) is 24.0 Å². The van der Waals surface area contributed by atoms with Gasteiger partial charge in [-0.3, -0.25) is 9.59 Å². The maximum absolute atomic E-state index is 13.1. The maximum atomic E-state index is 13.1. The van der Waals surface area contributed by atoms with E-state index in [4.69, 9.17) is 9.47 Å². The van der Waals surface area contributed by atoms with E-state index >= 15 is 0 Å². The zero-order valence-corrected chi connectivity index (χ0v) is 18.3. The second-order valence-corrected chi connectivity index (χ2v) is 8.49. The third-order valence-electron chi connectivity index (χ3n) is 5.42. The minimum Gasteiger partial charge on any atom is -0.497 e. The van der Waals surface area contributed by atoms with Gasteiger partial charge in [-0.1, -0.05) is 30.3 Å². The predicted octanol–water partition coefficient (Wildman–Crippen LogP) is 4.69. The molecule has 1 aliphatic rings. The first-order chi connectivity index (χ1) is 15.1. The Bertz CT molecular complexity index is 1050. The molecule has 2 aromatic carbocycles. The monoisotopic (exact) mass is 436 g/mol. The number of thiazole rings is 1. The summed E-state index contributed by atoms with van der Waals surface area (Å²) in [5.41, 5.74) is 2.37. The van der Waals surface area contributed by atoms with Crippen molar-refractivity contribution in [3.63, 3.8) is 0 Å². The molecule has 0 aliphatic carbocycles. The molecule has 1 saturated heterocycles. The minimum absolute atomic E-state index is 0.0156. The molecule has 0 bridgehead atoms. The summed E-state index contributed by atoms with van der Waals surface area (Å²) in [6, 6.07) is 16.5. The van der Waals surface area contributed by atoms with Crippen LogP contribution in [0.4, 0.5) is 5.69 Å². The van der Waals surface area contributed by atoms with Crippen LogP contribution in [0.1, 0.15) is 35.1 Å². The van der Waals surface area contributed by atoms with E-state index in [2.05, 4.69) is 4.98 Å². The fourth-order valence-corrected chi connectivity index (χ4v) is 4.54. The average molecular weight is 437 g/mol. The van der Waals surface area contributed by atoms with Gasteiger partial charge in [0, 0.05) is 17.5 Å². The fourth-order valence-electron chi connectivity index (χ4n) is 3.94. The molecule has 1 aromatic heterocycles. The highest BCUT2D eigenvalue weighted by Crippen LogP contribution is 2.41. The van der Waals surface area contributed by atoms with Crippen LogP contribution in [0.2, 0.25) is 0 Å². The van der Waals surface area contributed by atoms with Crippen LogP contribution in [0.25, 0.3) is 0 Å². The molecular weight excluding hydrogens is 412 g/mol. The molecule has 2 heterocycles. The maximum Gasteiger partial charge on any atom is 0.311 e. The zero-order chi connectivity index (χ0) is 21.8. The molecule has 2 atom stereocenters. The first-order valence-corrected chi connectivity index (χ1v) is 11.0. The van der Waals surface area contributed by atoms with Gasteiger partial charge in [0.25, 0.3) is 0 Å². The Morgan fingerprint density at radius 1 is 1.16 bits per heavy atom. The van der Waals surface area contributed by atoms with Gasteiger partial charge >= 0.3 is 5.97 Å². The largest absolute Gasteiger partial charge is 0.497 e. The molecule has 0 radical (unpaired) electrons. The van der Waals surface area contributed by atoms with E-state index in [1.54, 1.807) is 12.0 Å². The first kappa shape index (κ1) is 21.1. The fraction of sp³-hybridized carbons (Fsp3) is 0.292. The average Bonchev–Trinajstić information content (AvgIpc) is 3.23. The normalized spacial score (nSPS) is 18.6. The van der Waals surface area contributed by atoms with Crippen molar-refractivity contribution in [1.82, 2.24) is 4.98 Å². The van der Waals surface area contributed by atoms with Crippen molar-refractivity contribution in [3.8, 4) is 5.75 Å². The topological polar surface area (TPSA) is 68.7 Å². The Morgan fingerprint density at radius 2 is 1.90 bits per heavy atom. The molecule has 0 spiro atoms. The number of nitrogens with zero attached hydrogens (tertiary/aromatic N) is 2. The van der Waals surface area contributed by atoms with Crippen molar-refractivity contribution in [3.05, 3.63) is 76.2 Å². The van der Waals surface area contributed by atoms with Crippen molar-refractivity contribution >= 4 is 28.9 Å². The summed E-state index contributed by atoms with van der Waals surface area (Å²) in [4.78, 5) is 32.2. The van der Waals surface area contributed by atoms with Gasteiger partial charge in [0.2, 0.25) is 5.91 Å². The Kier molecular flexibility index (Phi) is 6.32. The molecule has 1 amide bonds. The number of hydrogen-bond donors (Lipinski definition) is 0. The van der Waals surface area contributed by atoms with Crippen LogP contribution in [0.3, 0.4) is 0 Å². The Balaban J connectivity index is 1.64. The SMILES string of the molecule is COc1ccc(N2C(=O)CC[C@@H](C(=O)OCc3csc(C)n3)[C@H]2c2ccccc2)cc1. The number of amides is 1. The third kappa shape index (κ3) is 4.61. The summed E-state index contributed by atoms with van der Waals surface area (Å²) in [6.07, 6.45) is 0.727. The number of methoxy groups -OCH3 is 1. The van der Waals surface area contributed by atoms with Gasteiger partial charge in [0.15, 0.2) is 0 Å². The lowest BCUT2D eigenvalue weighted by atomic mass is 9.84. The van der Waals surface area contributed by atoms with Gasteiger partial charge in [0.05, 0.1) is 29.8 Å². The van der Waals surface area contributed by atoms with E-state index in [9.17, 15) is 9.59 Å². The lowest BCUT2D eigenvalue weighted by molar-refractivity contribution is -0.152. The zero-order valence-electron chi connectivity index (χ0n) is 17.5. The highest BCUT2D eigenvalue weighted by molar-refractivity contribution is 7.09. The van der Waals surface area contributed by atoms with Gasteiger partial charge in [-0.15, -0.1) is 11.3 Å². The van der Waals surface area contributed by atoms with Crippen molar-refractivity contribution in [2.24, 2.45) is 5.92 Å². The second-order valence-electron chi connectivity index (χ2n) is 7.43. The summed E-state index contributed by atoms with van der Waals surface area (Å²) in [7, 11) is 1.60. The van der Waals surface area contributed by atoms with Crippen molar-refractivity contribution < 1.29 is 19.1 Å². The molecule has 31 heavy (non-hydrogen) atoms. The third-order valence-corrected chi connectivity index (χ3v) is 6.24. The highest BCUT2D eigenvalue weighted by Gasteiger charge is 2.42. The van der Waals surface area contributed by atoms with Crippen LogP contribution in [0.5, 0.6) is 5.75 Å². The van der Waals surface area contributed by atoms with Crippen LogP contribution < -0.4 is 9.64 Å². The highest BCUT2D eigenvalue weighted by atomic mass is 32.1. The second kappa shape index (κ2) is 9.31. The summed E-state index contributed by atoms with van der Waals surface area (Å²) in [6.45, 7) is 2.05. The Labute approximate surface area is 185 Å². The summed E-state index contributed by atoms with van der Waals surface area (Å²) >= 11 is 1.52. The van der Waals surface area contributed by atoms with E-state index < -0.39 is 12.0 Å². The molecule has 1 fully saturated rings. The van der Waals surface area contributed by atoms with Crippen LogP contribution in [-0.2, 0) is 20.9 Å². The lowest BCUT2D eigenvalue weighted by Crippen LogP contribution is -2.46. The molecular formula is C24H24N2O4S. The number of piperidine rings is 1. The number of carbonyl (C=O) groups excluding carboxylic acids is 2. The molecule has 160 valence electrons. The van der Waals surface area contributed by atoms with Crippen molar-refractivity contribution in [2.75, 3.05) is 12.0 Å². The van der Waals surface area contributed by atoms with Crippen LogP contribution in [0.15, 0.2) is 60.0 Å². The van der Waals surface area contributed by atoms with E-state index in [0.29, 0.717) is 12.2 Å². The van der Waals surface area contributed by atoms with Gasteiger partial charge in [0.1, 0.15) is 12.4 Å². The Morgan fingerprint density at radius 3 is 2.55 bits per heavy atom. The summed E-state index contributed by atoms with van der Waals surface area (Å²) in [5.74, 6) is -0.0929. The van der Waals surface area contributed by atoms with E-state index in [1.807, 2.05) is 66.9 Å². The van der Waals surface area contributed by atoms with Crippen molar-refractivity contribution in [1.29, 1.82) is 0 Å². The molecule has 1 aliphatic heterocycles. The molecule has 4 rings (SSSR count). The molecule has 0 saturated carbocycles. The van der Waals surface area contributed by atoms with Crippen LogP contribution >= 0.6 is 11.3 Å². The number of esters is 1. The molecule has 3 aromatic rings. The number of carbonyl (C=O) groups is 2. The number of hydrogen-bond acceptors (Lipinski definition) is 6. The standard InChI is InChI=1S/C24H24N2O4S/c1-16-25-18(15-31-16)14-30-24(28)21-12-13-22(27)26(19-8-10-20(29-2)11-9-19)23(21)17-6-4-3-5-7-17/h3-11,15,21,23H,12-14H2,1-2H3/t21-,23-/m1/s1. The van der Waals surface area contributed by atoms with Gasteiger partial charge in [-0.2, -0.15) is 0 Å². The minimum atomic E-state index is -0.470. The lowest BCUT2D eigenvalue weighted by Gasteiger charge is -2.40. The van der Waals surface area contributed by atoms with Gasteiger partial charge < -0.3 is 14.4 Å². The van der Waals surface area contributed by atoms with Crippen LogP contribution in [0, 0.1) is 12.8 Å². The number of benzene rings is 2. The smallest absolute Gasteiger partial charge is 0.311 e. The van der Waals surface area contributed by atoms with E-state index in [0.717, 1.165) is 22.0 Å². The summed E-state index contributed by atoms with van der Waals surface area (Å²) < 4.78 is 10.9. The predicted molar refractivity (Wildman–Crippen MR) is 119 cm³/mol. The van der Waals surface area contributed by atoms with Gasteiger partial charge in [-0.25, -0.2) is 4.98 Å². The van der Waals surface area contributed by atoms with E-state index in [1.165, 1.54) is 11.3 Å². The number of anilines is 1. The molecule has 6 nitrogen and oxygen atoms in total. The number of ether oxygens (including phenoxy) is 2. The number of aryl methyl sites for hydroxylation is 1. The quantitative estimate of drug-likeness (QED) is 0.525. The van der Waals surface area contributed by atoms with Gasteiger partial charge in [-0.05, 0) is 43.2 Å². The number of rotatable bonds is 6. The molecule has 0 N–H and O–H groups in total. The molecule has 7 heteroatoms. The first-order valence-electron chi connectivity index (χ1n) is 10.2. The van der Waals surface area contributed by atoms with E-state index in [-0.39, 0.29) is 24.9 Å². The summed E-state index contributed by atoms with van der Waals surface area (Å²) in [5, 5.41) is 2.83. The molecule has 0 unspecified atom stereocenters. The van der Waals surface area contributed by atoms with Crippen molar-refractivity contribution in [2.45, 2.75) is 32.4 Å². The Hall–Kier alpha value is -3.19.